The average molecular weight is 846 g/mol. The van der Waals surface area contributed by atoms with E-state index < -0.39 is 8.07 Å². The second-order valence-electron chi connectivity index (χ2n) is 16.8. The molecule has 0 aliphatic rings. The van der Waals surface area contributed by atoms with Crippen LogP contribution in [0.15, 0.2) is 265 Å². The van der Waals surface area contributed by atoms with Crippen LogP contribution in [0.2, 0.25) is 0 Å². The van der Waals surface area contributed by atoms with Gasteiger partial charge in [0.1, 0.15) is 11.2 Å². The number of para-hydroxylation sites is 1. The molecule has 0 atom stereocenters. The Labute approximate surface area is 379 Å². The normalized spacial score (nSPS) is 11.7. The van der Waals surface area contributed by atoms with Crippen LogP contribution in [0.25, 0.3) is 65.7 Å². The summed E-state index contributed by atoms with van der Waals surface area (Å²) < 4.78 is 6.81. The van der Waals surface area contributed by atoms with E-state index in [1.165, 1.54) is 48.2 Å². The number of fused-ring (bicyclic) bond motifs is 6. The second kappa shape index (κ2) is 16.1. The fourth-order valence-electron chi connectivity index (χ4n) is 10.2. The Hall–Kier alpha value is -8.24. The Morgan fingerprint density at radius 3 is 1.57 bits per heavy atom. The van der Waals surface area contributed by atoms with Gasteiger partial charge in [0.25, 0.3) is 0 Å². The van der Waals surface area contributed by atoms with E-state index >= 15 is 0 Å². The number of hydrogen-bond acceptors (Lipinski definition) is 2. The van der Waals surface area contributed by atoms with Gasteiger partial charge in [-0.15, -0.1) is 0 Å². The first-order chi connectivity index (χ1) is 32.2. The van der Waals surface area contributed by atoms with Gasteiger partial charge in [-0.25, -0.2) is 0 Å². The molecule has 65 heavy (non-hydrogen) atoms. The van der Waals surface area contributed by atoms with Crippen molar-refractivity contribution in [2.75, 3.05) is 4.90 Å². The quantitative estimate of drug-likeness (QED) is 0.106. The van der Waals surface area contributed by atoms with Gasteiger partial charge in [-0.2, -0.15) is 0 Å². The molecular formula is C62H43NOSi. The van der Waals surface area contributed by atoms with Crippen LogP contribution in [0.5, 0.6) is 0 Å². The first-order valence-corrected chi connectivity index (χ1v) is 24.3. The van der Waals surface area contributed by atoms with E-state index in [-0.39, 0.29) is 0 Å². The topological polar surface area (TPSA) is 16.4 Å². The molecule has 0 spiro atoms. The van der Waals surface area contributed by atoms with E-state index in [4.69, 9.17) is 4.42 Å². The molecule has 0 saturated heterocycles. The van der Waals surface area contributed by atoms with Crippen LogP contribution in [0.3, 0.4) is 0 Å². The van der Waals surface area contributed by atoms with Crippen molar-refractivity contribution in [1.82, 2.24) is 0 Å². The average Bonchev–Trinajstić information content (AvgIpc) is 3.78. The van der Waals surface area contributed by atoms with E-state index in [0.717, 1.165) is 55.3 Å². The van der Waals surface area contributed by atoms with E-state index in [2.05, 4.69) is 266 Å². The third-order valence-corrected chi connectivity index (χ3v) is 17.9. The zero-order valence-corrected chi connectivity index (χ0v) is 36.7. The predicted molar refractivity (Wildman–Crippen MR) is 278 cm³/mol. The highest BCUT2D eigenvalue weighted by Crippen LogP contribution is 2.46. The number of hydrogen-bond donors (Lipinski definition) is 0. The smallest absolute Gasteiger partial charge is 0.179 e. The number of anilines is 3. The van der Waals surface area contributed by atoms with Crippen LogP contribution >= 0.6 is 0 Å². The molecule has 0 radical (unpaired) electrons. The molecule has 12 aromatic rings. The molecule has 0 amide bonds. The third-order valence-electron chi connectivity index (χ3n) is 13.2. The molecular weight excluding hydrogens is 803 g/mol. The third kappa shape index (κ3) is 6.56. The van der Waals surface area contributed by atoms with Crippen molar-refractivity contribution in [2.45, 2.75) is 0 Å². The Balaban J connectivity index is 1.10. The zero-order chi connectivity index (χ0) is 43.2. The second-order valence-corrected chi connectivity index (χ2v) is 20.6. The number of furan rings is 1. The molecule has 3 heteroatoms. The Morgan fingerprint density at radius 1 is 0.323 bits per heavy atom. The van der Waals surface area contributed by atoms with E-state index in [1.54, 1.807) is 0 Å². The summed E-state index contributed by atoms with van der Waals surface area (Å²) in [7, 11) is -2.86. The minimum atomic E-state index is -2.86. The van der Waals surface area contributed by atoms with E-state index in [9.17, 15) is 0 Å². The maximum atomic E-state index is 6.81. The summed E-state index contributed by atoms with van der Waals surface area (Å²) in [6, 6.07) is 95.5. The minimum Gasteiger partial charge on any atom is -0.455 e. The van der Waals surface area contributed by atoms with Crippen molar-refractivity contribution in [2.24, 2.45) is 0 Å². The van der Waals surface area contributed by atoms with Crippen molar-refractivity contribution in [3.05, 3.63) is 261 Å². The summed E-state index contributed by atoms with van der Waals surface area (Å²) >= 11 is 0. The van der Waals surface area contributed by atoms with Gasteiger partial charge in [0.15, 0.2) is 8.07 Å². The number of benzene rings is 11. The standard InChI is InChI=1S/C62H43NOSi/c1-5-19-45(20-6-1)55-33-17-22-46-35-36-47(41-58(46)55)44-37-39-49(40-38-44)63(59-42-48-21-13-14-31-56(48)62-61(59)57-32-15-16-34-60(57)64-62)50-23-18-30-54(43-50)65(51-24-7-2-8-25-51,52-26-9-3-10-27-52)53-28-11-4-12-29-53/h1-43H. The van der Waals surface area contributed by atoms with Gasteiger partial charge in [-0.1, -0.05) is 218 Å². The molecule has 0 saturated carbocycles. The Kier molecular flexibility index (Phi) is 9.55. The van der Waals surface area contributed by atoms with Gasteiger partial charge in [0.05, 0.1) is 11.1 Å². The van der Waals surface area contributed by atoms with Gasteiger partial charge < -0.3 is 9.32 Å². The summed E-state index contributed by atoms with van der Waals surface area (Å²) in [6.45, 7) is 0. The largest absolute Gasteiger partial charge is 0.455 e. The first kappa shape index (κ1) is 38.4. The Bertz CT molecular complexity index is 3540. The molecule has 0 aliphatic heterocycles. The molecule has 306 valence electrons. The maximum Gasteiger partial charge on any atom is 0.179 e. The van der Waals surface area contributed by atoms with Crippen LogP contribution in [0.4, 0.5) is 17.1 Å². The molecule has 12 rings (SSSR count). The molecule has 1 aromatic heterocycles. The highest BCUT2D eigenvalue weighted by molar-refractivity contribution is 7.19. The van der Waals surface area contributed by atoms with Crippen LogP contribution < -0.4 is 25.6 Å². The zero-order valence-electron chi connectivity index (χ0n) is 35.7. The maximum absolute atomic E-state index is 6.81. The van der Waals surface area contributed by atoms with Gasteiger partial charge in [-0.05, 0) is 102 Å². The fraction of sp³-hybridized carbons (Fsp3) is 0. The van der Waals surface area contributed by atoms with Crippen molar-refractivity contribution in [3.8, 4) is 22.3 Å². The molecule has 11 aromatic carbocycles. The summed E-state index contributed by atoms with van der Waals surface area (Å²) in [5, 5.41) is 12.2. The molecule has 0 aliphatic carbocycles. The molecule has 0 N–H and O–H groups in total. The Morgan fingerprint density at radius 2 is 0.877 bits per heavy atom. The number of rotatable bonds is 9. The minimum absolute atomic E-state index is 0.874. The number of nitrogens with zero attached hydrogens (tertiary/aromatic N) is 1. The van der Waals surface area contributed by atoms with Crippen molar-refractivity contribution in [1.29, 1.82) is 0 Å². The lowest BCUT2D eigenvalue weighted by molar-refractivity contribution is 0.672. The van der Waals surface area contributed by atoms with Crippen molar-refractivity contribution in [3.63, 3.8) is 0 Å². The first-order valence-electron chi connectivity index (χ1n) is 22.3. The lowest BCUT2D eigenvalue weighted by Gasteiger charge is -2.35. The molecule has 0 unspecified atom stereocenters. The predicted octanol–water partition coefficient (Wildman–Crippen LogP) is 14.1. The molecule has 0 bridgehead atoms. The van der Waals surface area contributed by atoms with Crippen LogP contribution in [-0.2, 0) is 0 Å². The van der Waals surface area contributed by atoms with Gasteiger partial charge in [0.2, 0.25) is 0 Å². The lowest BCUT2D eigenvalue weighted by Crippen LogP contribution is -2.74. The van der Waals surface area contributed by atoms with Crippen molar-refractivity contribution >= 4 is 89.4 Å². The molecule has 0 fully saturated rings. The summed E-state index contributed by atoms with van der Waals surface area (Å²) in [6.07, 6.45) is 0. The summed E-state index contributed by atoms with van der Waals surface area (Å²) in [4.78, 5) is 2.46. The van der Waals surface area contributed by atoms with Gasteiger partial charge >= 0.3 is 0 Å². The van der Waals surface area contributed by atoms with Gasteiger partial charge in [-0.3, -0.25) is 0 Å². The monoisotopic (exact) mass is 845 g/mol. The SMILES string of the molecule is c1ccc(-c2cccc3ccc(-c4ccc(N(c5cccc([Si](c6ccccc6)(c6ccccc6)c6ccccc6)c5)c5cc6ccccc6c6oc7ccccc7c56)cc4)cc23)cc1. The fourth-order valence-corrected chi connectivity index (χ4v) is 15.0. The van der Waals surface area contributed by atoms with Crippen LogP contribution in [0.1, 0.15) is 0 Å². The van der Waals surface area contributed by atoms with Crippen LogP contribution in [0, 0.1) is 0 Å². The van der Waals surface area contributed by atoms with Gasteiger partial charge in [0, 0.05) is 22.1 Å². The summed E-state index contributed by atoms with van der Waals surface area (Å²) in [5.41, 5.74) is 9.77. The van der Waals surface area contributed by atoms with E-state index in [1.807, 2.05) is 0 Å². The van der Waals surface area contributed by atoms with Crippen LogP contribution in [-0.4, -0.2) is 8.07 Å². The van der Waals surface area contributed by atoms with Crippen molar-refractivity contribution < 1.29 is 4.42 Å². The lowest BCUT2D eigenvalue weighted by atomic mass is 9.95. The highest BCUT2D eigenvalue weighted by Gasteiger charge is 2.41. The highest BCUT2D eigenvalue weighted by atomic mass is 28.3. The molecule has 2 nitrogen and oxygen atoms in total. The summed E-state index contributed by atoms with van der Waals surface area (Å²) in [5.74, 6) is 0. The van der Waals surface area contributed by atoms with E-state index in [0.29, 0.717) is 0 Å². The molecule has 1 heterocycles.